The molecule has 1 rings (SSSR count). The Kier molecular flexibility index (Phi) is 7.72. The maximum atomic E-state index is 4.13. The van der Waals surface area contributed by atoms with Crippen LogP contribution in [0.25, 0.3) is 0 Å². The Balaban J connectivity index is 0. The predicted molar refractivity (Wildman–Crippen MR) is 45.1 cm³/mol. The Labute approximate surface area is 112 Å². The van der Waals surface area contributed by atoms with E-state index in [1.807, 2.05) is 6.07 Å². The molecule has 0 N–H and O–H groups in total. The second kappa shape index (κ2) is 6.89. The first-order valence-electron chi connectivity index (χ1n) is 3.08. The van der Waals surface area contributed by atoms with Crippen molar-refractivity contribution in [3.63, 3.8) is 0 Å². The summed E-state index contributed by atoms with van der Waals surface area (Å²) in [6.07, 6.45) is 1.07. The van der Waals surface area contributed by atoms with Gasteiger partial charge >= 0.3 is 51.4 Å². The maximum Gasteiger partial charge on any atom is 1.00 e. The summed E-state index contributed by atoms with van der Waals surface area (Å²) in [4.78, 5) is 0. The Morgan fingerprint density at radius 2 is 1.80 bits per heavy atom. The van der Waals surface area contributed by atoms with E-state index >= 15 is 0 Å². The molecule has 0 aromatic heterocycles. The largest absolute Gasteiger partial charge is 1.00 e. The van der Waals surface area contributed by atoms with Crippen LogP contribution in [0.3, 0.4) is 0 Å². The Bertz CT molecular complexity index is 167. The minimum absolute atomic E-state index is 0. The van der Waals surface area contributed by atoms with Crippen LogP contribution >= 0.6 is 12.6 Å². The van der Waals surface area contributed by atoms with Crippen molar-refractivity contribution in [3.8, 4) is 0 Å². The number of hydrogen-bond acceptors (Lipinski definition) is 1. The van der Waals surface area contributed by atoms with E-state index in [-0.39, 0.29) is 52.8 Å². The second-order valence-corrected chi connectivity index (χ2v) is 2.41. The monoisotopic (exact) mass is 178 g/mol. The molecule has 10 heavy (non-hydrogen) atoms. The van der Waals surface area contributed by atoms with Crippen LogP contribution < -0.4 is 51.4 Å². The molecule has 0 spiro atoms. The third-order valence-corrected chi connectivity index (χ3v) is 1.47. The van der Waals surface area contributed by atoms with Gasteiger partial charge in [0.05, 0.1) is 0 Å². The molecular weight excluding hydrogens is 167 g/mol. The van der Waals surface area contributed by atoms with Crippen LogP contribution in [0.4, 0.5) is 0 Å². The average Bonchev–Trinajstić information content (AvgIpc) is 1.91. The van der Waals surface area contributed by atoms with Gasteiger partial charge in [-0.25, -0.2) is 0 Å². The van der Waals surface area contributed by atoms with Crippen molar-refractivity contribution >= 4 is 12.6 Å². The fraction of sp³-hybridized carbons (Fsp3) is 0.250. The summed E-state index contributed by atoms with van der Waals surface area (Å²) in [6, 6.07) is 10.4. The van der Waals surface area contributed by atoms with E-state index in [9.17, 15) is 0 Å². The second-order valence-electron chi connectivity index (χ2n) is 1.96. The molecule has 0 aliphatic carbocycles. The number of rotatable bonds is 2. The molecule has 0 aliphatic heterocycles. The first kappa shape index (κ1) is 11.2. The first-order chi connectivity index (χ1) is 4.43. The minimum atomic E-state index is 0. The summed E-state index contributed by atoms with van der Waals surface area (Å²) in [5.41, 5.74) is 1.37. The van der Waals surface area contributed by atoms with Crippen molar-refractivity contribution in [2.45, 2.75) is 6.42 Å². The fourth-order valence-electron chi connectivity index (χ4n) is 0.774. The van der Waals surface area contributed by atoms with Crippen LogP contribution in [0.1, 0.15) is 6.99 Å². The number of thiol groups is 1. The van der Waals surface area contributed by atoms with Crippen LogP contribution in [0.15, 0.2) is 30.3 Å². The van der Waals surface area contributed by atoms with Gasteiger partial charge in [0.25, 0.3) is 0 Å². The van der Waals surface area contributed by atoms with Crippen LogP contribution in [-0.2, 0) is 6.42 Å². The van der Waals surface area contributed by atoms with Gasteiger partial charge in [-0.2, -0.15) is 12.6 Å². The molecular formula is C8H11KS. The molecule has 0 radical (unpaired) electrons. The van der Waals surface area contributed by atoms with E-state index in [4.69, 9.17) is 0 Å². The molecule has 50 valence electrons. The van der Waals surface area contributed by atoms with Crippen molar-refractivity contribution < 1.29 is 52.8 Å². The van der Waals surface area contributed by atoms with E-state index < -0.39 is 0 Å². The van der Waals surface area contributed by atoms with E-state index in [1.165, 1.54) is 5.56 Å². The van der Waals surface area contributed by atoms with Crippen LogP contribution in [0, 0.1) is 0 Å². The number of aryl methyl sites for hydroxylation is 1. The van der Waals surface area contributed by atoms with Crippen molar-refractivity contribution in [2.75, 3.05) is 5.75 Å². The van der Waals surface area contributed by atoms with Crippen molar-refractivity contribution in [1.82, 2.24) is 0 Å². The molecule has 0 aliphatic rings. The van der Waals surface area contributed by atoms with Gasteiger partial charge in [0.1, 0.15) is 0 Å². The molecule has 1 aromatic rings. The van der Waals surface area contributed by atoms with E-state index in [0.717, 1.165) is 12.2 Å². The fourth-order valence-corrected chi connectivity index (χ4v) is 1.03. The van der Waals surface area contributed by atoms with Gasteiger partial charge in [-0.1, -0.05) is 30.3 Å². The van der Waals surface area contributed by atoms with E-state index in [0.29, 0.717) is 0 Å². The molecule has 0 heterocycles. The Morgan fingerprint density at radius 1 is 1.20 bits per heavy atom. The molecule has 0 saturated carbocycles. The molecule has 0 nitrogen and oxygen atoms in total. The third-order valence-electron chi connectivity index (χ3n) is 1.24. The molecule has 0 unspecified atom stereocenters. The van der Waals surface area contributed by atoms with Crippen molar-refractivity contribution in [3.05, 3.63) is 35.9 Å². The van der Waals surface area contributed by atoms with Crippen molar-refractivity contribution in [2.24, 2.45) is 0 Å². The SMILES string of the molecule is SCCc1ccccc1.[H-].[K+]. The van der Waals surface area contributed by atoms with Gasteiger partial charge in [-0.3, -0.25) is 0 Å². The van der Waals surface area contributed by atoms with Gasteiger partial charge in [0.2, 0.25) is 0 Å². The maximum absolute atomic E-state index is 4.13. The topological polar surface area (TPSA) is 0 Å². The summed E-state index contributed by atoms with van der Waals surface area (Å²) in [5.74, 6) is 0.935. The van der Waals surface area contributed by atoms with Crippen molar-refractivity contribution in [1.29, 1.82) is 0 Å². The summed E-state index contributed by atoms with van der Waals surface area (Å²) < 4.78 is 0. The first-order valence-corrected chi connectivity index (χ1v) is 3.71. The van der Waals surface area contributed by atoms with Gasteiger partial charge < -0.3 is 1.43 Å². The Hall–Kier alpha value is 1.21. The predicted octanol–water partition coefficient (Wildman–Crippen LogP) is -0.725. The summed E-state index contributed by atoms with van der Waals surface area (Å²) >= 11 is 4.13. The van der Waals surface area contributed by atoms with Gasteiger partial charge in [-0.05, 0) is 17.7 Å². The molecule has 1 aromatic carbocycles. The zero-order chi connectivity index (χ0) is 6.53. The Morgan fingerprint density at radius 3 is 2.30 bits per heavy atom. The minimum Gasteiger partial charge on any atom is -1.00 e. The van der Waals surface area contributed by atoms with Crippen LogP contribution in [0.5, 0.6) is 0 Å². The normalized spacial score (nSPS) is 8.50. The van der Waals surface area contributed by atoms with Crippen LogP contribution in [-0.4, -0.2) is 5.75 Å². The quantitative estimate of drug-likeness (QED) is 0.448. The molecule has 0 saturated heterocycles. The van der Waals surface area contributed by atoms with Gasteiger partial charge in [-0.15, -0.1) is 0 Å². The van der Waals surface area contributed by atoms with Crippen LogP contribution in [0.2, 0.25) is 0 Å². The van der Waals surface area contributed by atoms with E-state index in [1.54, 1.807) is 0 Å². The average molecular weight is 178 g/mol. The van der Waals surface area contributed by atoms with Gasteiger partial charge in [0, 0.05) is 0 Å². The molecule has 2 heteroatoms. The molecule has 0 fully saturated rings. The summed E-state index contributed by atoms with van der Waals surface area (Å²) in [5, 5.41) is 0. The molecule has 0 bridgehead atoms. The number of hydrogen-bond donors (Lipinski definition) is 1. The zero-order valence-corrected chi connectivity index (χ0v) is 10.3. The zero-order valence-electron chi connectivity index (χ0n) is 7.25. The smallest absolute Gasteiger partial charge is 1.00 e. The molecule has 0 amide bonds. The number of benzene rings is 1. The summed E-state index contributed by atoms with van der Waals surface area (Å²) in [6.45, 7) is 0. The van der Waals surface area contributed by atoms with Gasteiger partial charge in [0.15, 0.2) is 0 Å². The molecule has 0 atom stereocenters. The summed E-state index contributed by atoms with van der Waals surface area (Å²) in [7, 11) is 0. The third kappa shape index (κ3) is 4.16. The van der Waals surface area contributed by atoms with E-state index in [2.05, 4.69) is 36.9 Å². The standard InChI is InChI=1S/C8H10S.K.H/c9-7-6-8-4-2-1-3-5-8;;/h1-5,9H,6-7H2;;/q;+1;-1.